The van der Waals surface area contributed by atoms with E-state index in [-0.39, 0.29) is 0 Å². The molecule has 0 fully saturated rings. The van der Waals surface area contributed by atoms with Gasteiger partial charge in [0.2, 0.25) is 0 Å². The summed E-state index contributed by atoms with van der Waals surface area (Å²) < 4.78 is 4.73. The van der Waals surface area contributed by atoms with E-state index in [2.05, 4.69) is 507 Å². The van der Waals surface area contributed by atoms with Gasteiger partial charge < -0.3 is 39.4 Å². The SMILES string of the molecule is Nc1ccc(N(c2ccc(-c3ccc(N(c4ccccc4)c4ccc(-c5ccc(N(c6ccccc6)c6ccc7c(c6)c6ccccc6n7-c6ccccc6)cc5)cc4)cc3)cc2)c2ccc(-c3ccc(N(c4ccccc4)c4ccc(-c5ccc(N(c6ccccc6)c6ccc7c(c6)c6ccccc6n7-c6ccccc6)cc5)cc4)cc3)cc2)cc1. The van der Waals surface area contributed by atoms with Crippen LogP contribution < -0.4 is 30.2 Å². The van der Waals surface area contributed by atoms with Gasteiger partial charge in [-0.15, -0.1) is 0 Å². The van der Waals surface area contributed by atoms with E-state index in [1.54, 1.807) is 0 Å². The molecule has 0 aliphatic heterocycles. The fraction of sp³-hybridized carbons (Fsp3) is 0. The van der Waals surface area contributed by atoms with Gasteiger partial charge in [-0.25, -0.2) is 0 Å². The fourth-order valence-electron chi connectivity index (χ4n) is 17.5. The Kier molecular flexibility index (Phi) is 19.3. The number of benzene rings is 19. The molecule has 0 aliphatic rings. The molecule has 8 heteroatoms. The van der Waals surface area contributed by atoms with Crippen LogP contribution in [0.5, 0.6) is 0 Å². The van der Waals surface area contributed by atoms with Crippen molar-refractivity contribution in [3.63, 3.8) is 0 Å². The molecule has 19 aromatic carbocycles. The molecule has 2 aromatic heterocycles. The largest absolute Gasteiger partial charge is 0.399 e. The van der Waals surface area contributed by atoms with Crippen molar-refractivity contribution < 1.29 is 0 Å². The van der Waals surface area contributed by atoms with E-state index in [0.717, 1.165) is 141 Å². The molecule has 578 valence electrons. The highest BCUT2D eigenvalue weighted by Crippen LogP contribution is 2.47. The Bertz CT molecular complexity index is 6800. The van der Waals surface area contributed by atoms with Crippen LogP contribution >= 0.6 is 0 Å². The van der Waals surface area contributed by atoms with Gasteiger partial charge in [0.25, 0.3) is 0 Å². The maximum atomic E-state index is 6.33. The number of hydrogen-bond acceptors (Lipinski definition) is 6. The third-order valence-electron chi connectivity index (χ3n) is 23.4. The lowest BCUT2D eigenvalue weighted by Gasteiger charge is -2.27. The first kappa shape index (κ1) is 73.2. The summed E-state index contributed by atoms with van der Waals surface area (Å²) in [5, 5.41) is 4.86. The fourth-order valence-corrected chi connectivity index (χ4v) is 17.5. The highest BCUT2D eigenvalue weighted by atomic mass is 15.2. The quantitative estimate of drug-likeness (QED) is 0.0724. The molecule has 0 saturated heterocycles. The van der Waals surface area contributed by atoms with Crippen LogP contribution in [-0.4, -0.2) is 9.13 Å². The number of para-hydroxylation sites is 8. The minimum Gasteiger partial charge on any atom is -0.399 e. The minimum absolute atomic E-state index is 0.713. The minimum atomic E-state index is 0.713. The van der Waals surface area contributed by atoms with E-state index in [0.29, 0.717) is 5.69 Å². The highest BCUT2D eigenvalue weighted by molar-refractivity contribution is 6.12. The zero-order valence-electron chi connectivity index (χ0n) is 66.9. The van der Waals surface area contributed by atoms with Crippen molar-refractivity contribution in [1.82, 2.24) is 9.13 Å². The monoisotopic (exact) mass is 1560 g/mol. The molecule has 0 atom stereocenters. The van der Waals surface area contributed by atoms with Gasteiger partial charge in [-0.05, 0) is 287 Å². The Morgan fingerprint density at radius 2 is 0.311 bits per heavy atom. The molecule has 0 bridgehead atoms. The number of nitrogens with two attached hydrogens (primary N) is 1. The smallest absolute Gasteiger partial charge is 0.0542 e. The number of rotatable bonds is 21. The summed E-state index contributed by atoms with van der Waals surface area (Å²) >= 11 is 0. The van der Waals surface area contributed by atoms with Gasteiger partial charge in [0.05, 0.1) is 22.1 Å². The van der Waals surface area contributed by atoms with Gasteiger partial charge in [0.1, 0.15) is 0 Å². The molecule has 0 saturated carbocycles. The molecule has 8 nitrogen and oxygen atoms in total. The maximum absolute atomic E-state index is 6.33. The number of fused-ring (bicyclic) bond motifs is 6. The lowest BCUT2D eigenvalue weighted by molar-refractivity contribution is 1.18. The van der Waals surface area contributed by atoms with E-state index in [1.807, 2.05) is 12.1 Å². The summed E-state index contributed by atoms with van der Waals surface area (Å²) in [5.74, 6) is 0. The summed E-state index contributed by atoms with van der Waals surface area (Å²) in [6, 6.07) is 174. The summed E-state index contributed by atoms with van der Waals surface area (Å²) in [7, 11) is 0. The van der Waals surface area contributed by atoms with Crippen LogP contribution in [0.4, 0.5) is 91.0 Å². The topological polar surface area (TPSA) is 52.1 Å². The standard InChI is InChI=1S/C114H82N8/c115-89-55-73-104(74-56-89)118(100-65-47-85(48-66-100)81-39-57-96(58-40-81)116(90-23-7-1-8-24-90)98-61-43-83(44-62-98)87-51-69-102(70-52-87)119(92-27-11-3-12-28-92)105-75-77-113-109(79-105)107-35-19-21-37-111(107)121(113)94-31-15-5-16-32-94)101-67-49-86(50-68-101)82-41-59-97(60-42-82)117(91-25-9-2-10-26-91)99-63-45-84(46-64-99)88-53-71-103(72-54-88)120(93-29-13-4-14-30-93)106-76-78-114-110(80-106)108-36-20-22-38-112(108)122(114)95-33-17-6-18-34-95/h1-80H,115H2. The average molecular weight is 1560 g/mol. The van der Waals surface area contributed by atoms with E-state index < -0.39 is 0 Å². The van der Waals surface area contributed by atoms with E-state index in [4.69, 9.17) is 5.73 Å². The molecule has 21 aromatic rings. The molecule has 0 unspecified atom stereocenters. The van der Waals surface area contributed by atoms with E-state index in [9.17, 15) is 0 Å². The maximum Gasteiger partial charge on any atom is 0.0542 e. The number of aromatic nitrogens is 2. The van der Waals surface area contributed by atoms with Crippen molar-refractivity contribution in [2.24, 2.45) is 0 Å². The normalized spacial score (nSPS) is 11.3. The molecule has 0 radical (unpaired) electrons. The van der Waals surface area contributed by atoms with Crippen LogP contribution in [-0.2, 0) is 0 Å². The van der Waals surface area contributed by atoms with Crippen molar-refractivity contribution in [3.05, 3.63) is 485 Å². The van der Waals surface area contributed by atoms with E-state index in [1.165, 1.54) is 43.6 Å². The average Bonchev–Trinajstić information content (AvgIpc) is 1.53. The van der Waals surface area contributed by atoms with Crippen LogP contribution in [0, 0.1) is 0 Å². The van der Waals surface area contributed by atoms with Gasteiger partial charge in [-0.1, -0.05) is 243 Å². The van der Waals surface area contributed by atoms with Crippen molar-refractivity contribution in [1.29, 1.82) is 0 Å². The highest BCUT2D eigenvalue weighted by Gasteiger charge is 2.23. The molecule has 2 heterocycles. The Balaban J connectivity index is 0.510. The van der Waals surface area contributed by atoms with Gasteiger partial charge in [0.15, 0.2) is 0 Å². The number of anilines is 16. The summed E-state index contributed by atoms with van der Waals surface area (Å²) in [4.78, 5) is 11.6. The van der Waals surface area contributed by atoms with Crippen LogP contribution in [0.1, 0.15) is 0 Å². The van der Waals surface area contributed by atoms with Crippen molar-refractivity contribution in [2.75, 3.05) is 30.2 Å². The second-order valence-electron chi connectivity index (χ2n) is 30.8. The first-order chi connectivity index (χ1) is 60.4. The van der Waals surface area contributed by atoms with Gasteiger partial charge >= 0.3 is 0 Å². The number of nitrogens with zero attached hydrogens (tertiary/aromatic N) is 7. The molecular formula is C114H82N8. The number of hydrogen-bond donors (Lipinski definition) is 1. The van der Waals surface area contributed by atoms with Crippen LogP contribution in [0.2, 0.25) is 0 Å². The molecule has 0 amide bonds. The Hall–Kier alpha value is -16.4. The van der Waals surface area contributed by atoms with E-state index >= 15 is 0 Å². The predicted molar refractivity (Wildman–Crippen MR) is 515 cm³/mol. The van der Waals surface area contributed by atoms with Crippen LogP contribution in [0.3, 0.4) is 0 Å². The van der Waals surface area contributed by atoms with Crippen molar-refractivity contribution >= 4 is 135 Å². The van der Waals surface area contributed by atoms with Crippen LogP contribution in [0.15, 0.2) is 485 Å². The third-order valence-corrected chi connectivity index (χ3v) is 23.4. The Morgan fingerprint density at radius 3 is 0.549 bits per heavy atom. The lowest BCUT2D eigenvalue weighted by Crippen LogP contribution is -2.10. The zero-order chi connectivity index (χ0) is 81.2. The second kappa shape index (κ2) is 32.2. The van der Waals surface area contributed by atoms with Gasteiger partial charge in [-0.2, -0.15) is 0 Å². The molecule has 0 aliphatic carbocycles. The van der Waals surface area contributed by atoms with Gasteiger partial charge in [0, 0.05) is 124 Å². The summed E-state index contributed by atoms with van der Waals surface area (Å²) in [6.07, 6.45) is 0. The van der Waals surface area contributed by atoms with Crippen molar-refractivity contribution in [3.8, 4) is 55.9 Å². The molecule has 122 heavy (non-hydrogen) atoms. The molecule has 2 N–H and O–H groups in total. The van der Waals surface area contributed by atoms with Crippen molar-refractivity contribution in [2.45, 2.75) is 0 Å². The molecular weight excluding hydrogens is 1480 g/mol. The summed E-state index contributed by atoms with van der Waals surface area (Å²) in [5.41, 5.74) is 39.0. The first-order valence-electron chi connectivity index (χ1n) is 41.5. The van der Waals surface area contributed by atoms with Crippen LogP contribution in [0.25, 0.3) is 99.5 Å². The van der Waals surface area contributed by atoms with Gasteiger partial charge in [-0.3, -0.25) is 0 Å². The molecule has 21 rings (SSSR count). The first-order valence-corrected chi connectivity index (χ1v) is 41.5. The number of nitrogen functional groups attached to an aromatic ring is 1. The molecule has 0 spiro atoms. The Labute approximate surface area is 710 Å². The second-order valence-corrected chi connectivity index (χ2v) is 30.8. The summed E-state index contributed by atoms with van der Waals surface area (Å²) in [6.45, 7) is 0. The zero-order valence-corrected chi connectivity index (χ0v) is 66.9. The predicted octanol–water partition coefficient (Wildman–Crippen LogP) is 31.5. The Morgan fingerprint density at radius 1 is 0.139 bits per heavy atom. The lowest BCUT2D eigenvalue weighted by atomic mass is 10.0. The third kappa shape index (κ3) is 14.1.